The molecule has 1 saturated heterocycles. The summed E-state index contributed by atoms with van der Waals surface area (Å²) in [5, 5.41) is 1.11. The normalized spacial score (nSPS) is 14.5. The average Bonchev–Trinajstić information content (AvgIpc) is 2.86. The highest BCUT2D eigenvalue weighted by Crippen LogP contribution is 2.23. The molecule has 1 aromatic carbocycles. The number of benzene rings is 1. The molecule has 134 valence electrons. The molecular weight excluding hydrogens is 332 g/mol. The van der Waals surface area contributed by atoms with Crippen molar-refractivity contribution < 1.29 is 13.9 Å². The van der Waals surface area contributed by atoms with Gasteiger partial charge in [0.25, 0.3) is 0 Å². The Labute approximate surface area is 150 Å². The molecule has 2 aromatic heterocycles. The molecule has 0 bridgehead atoms. The average molecular weight is 352 g/mol. The van der Waals surface area contributed by atoms with Crippen molar-refractivity contribution in [3.05, 3.63) is 64.3 Å². The van der Waals surface area contributed by atoms with Crippen LogP contribution in [0.25, 0.3) is 10.9 Å². The van der Waals surface area contributed by atoms with Crippen molar-refractivity contribution in [3.8, 4) is 5.75 Å². The first-order valence-electron chi connectivity index (χ1n) is 8.59. The van der Waals surface area contributed by atoms with Gasteiger partial charge in [0.15, 0.2) is 0 Å². The van der Waals surface area contributed by atoms with E-state index in [1.54, 1.807) is 17.9 Å². The summed E-state index contributed by atoms with van der Waals surface area (Å²) in [5.74, 6) is 1.09. The third-order valence-corrected chi connectivity index (χ3v) is 4.69. The van der Waals surface area contributed by atoms with Gasteiger partial charge < -0.3 is 18.6 Å². The third kappa shape index (κ3) is 3.10. The van der Waals surface area contributed by atoms with Gasteiger partial charge in [-0.1, -0.05) is 18.2 Å². The Morgan fingerprint density at radius 2 is 2.04 bits per heavy atom. The first kappa shape index (κ1) is 16.4. The second-order valence-electron chi connectivity index (χ2n) is 6.72. The van der Waals surface area contributed by atoms with E-state index in [0.29, 0.717) is 31.0 Å². The van der Waals surface area contributed by atoms with E-state index in [1.807, 2.05) is 36.0 Å². The van der Waals surface area contributed by atoms with E-state index in [0.717, 1.165) is 16.5 Å². The standard InChI is InChI=1S/C20H20N2O4/c1-13-7-15(9-20(24)25-13)26-16-11-22(12-16)19(23)8-14-10-21(2)18-6-4-3-5-17(14)18/h3-7,9-10,16H,8,11-12H2,1-2H3. The molecule has 3 heterocycles. The smallest absolute Gasteiger partial charge is 0.339 e. The molecule has 3 aromatic rings. The van der Waals surface area contributed by atoms with Gasteiger partial charge in [-0.3, -0.25) is 4.79 Å². The van der Waals surface area contributed by atoms with Crippen molar-refractivity contribution >= 4 is 16.8 Å². The highest BCUT2D eigenvalue weighted by atomic mass is 16.5. The third-order valence-electron chi connectivity index (χ3n) is 4.69. The first-order valence-corrected chi connectivity index (χ1v) is 8.59. The molecule has 26 heavy (non-hydrogen) atoms. The number of nitrogens with zero attached hydrogens (tertiary/aromatic N) is 2. The van der Waals surface area contributed by atoms with Crippen LogP contribution in [0.4, 0.5) is 0 Å². The van der Waals surface area contributed by atoms with Crippen LogP contribution < -0.4 is 10.4 Å². The van der Waals surface area contributed by atoms with Crippen LogP contribution in [0.2, 0.25) is 0 Å². The van der Waals surface area contributed by atoms with Crippen LogP contribution in [0.15, 0.2) is 51.8 Å². The van der Waals surface area contributed by atoms with Crippen molar-refractivity contribution in [1.82, 2.24) is 9.47 Å². The summed E-state index contributed by atoms with van der Waals surface area (Å²) in [6.45, 7) is 2.76. The van der Waals surface area contributed by atoms with Crippen LogP contribution >= 0.6 is 0 Å². The maximum atomic E-state index is 12.6. The lowest BCUT2D eigenvalue weighted by Gasteiger charge is -2.39. The van der Waals surface area contributed by atoms with Gasteiger partial charge in [-0.15, -0.1) is 0 Å². The minimum atomic E-state index is -0.428. The number of carbonyl (C=O) groups is 1. The highest BCUT2D eigenvalue weighted by Gasteiger charge is 2.32. The van der Waals surface area contributed by atoms with Crippen molar-refractivity contribution in [2.45, 2.75) is 19.4 Å². The number of ether oxygens (including phenoxy) is 1. The van der Waals surface area contributed by atoms with E-state index in [2.05, 4.69) is 6.07 Å². The van der Waals surface area contributed by atoms with E-state index in [9.17, 15) is 9.59 Å². The summed E-state index contributed by atoms with van der Waals surface area (Å²) in [6, 6.07) is 11.1. The van der Waals surface area contributed by atoms with Gasteiger partial charge >= 0.3 is 5.63 Å². The molecule has 4 rings (SSSR count). The monoisotopic (exact) mass is 352 g/mol. The van der Waals surface area contributed by atoms with Crippen LogP contribution in [0, 0.1) is 6.92 Å². The lowest BCUT2D eigenvalue weighted by molar-refractivity contribution is -0.139. The van der Waals surface area contributed by atoms with E-state index in [-0.39, 0.29) is 12.0 Å². The van der Waals surface area contributed by atoms with Crippen LogP contribution in [0.5, 0.6) is 5.75 Å². The van der Waals surface area contributed by atoms with Gasteiger partial charge in [-0.25, -0.2) is 4.79 Å². The molecule has 0 N–H and O–H groups in total. The molecule has 6 heteroatoms. The molecule has 0 radical (unpaired) electrons. The van der Waals surface area contributed by atoms with Crippen molar-refractivity contribution in [2.75, 3.05) is 13.1 Å². The van der Waals surface area contributed by atoms with E-state index in [4.69, 9.17) is 9.15 Å². The van der Waals surface area contributed by atoms with Crippen molar-refractivity contribution in [3.63, 3.8) is 0 Å². The summed E-state index contributed by atoms with van der Waals surface area (Å²) in [6.07, 6.45) is 2.30. The largest absolute Gasteiger partial charge is 0.486 e. The zero-order valence-electron chi connectivity index (χ0n) is 14.8. The first-order chi connectivity index (χ1) is 12.5. The summed E-state index contributed by atoms with van der Waals surface area (Å²) in [7, 11) is 1.99. The summed E-state index contributed by atoms with van der Waals surface area (Å²) < 4.78 is 12.7. The SMILES string of the molecule is Cc1cc(OC2CN(C(=O)Cc3cn(C)c4ccccc34)C2)cc(=O)o1. The van der Waals surface area contributed by atoms with E-state index >= 15 is 0 Å². The summed E-state index contributed by atoms with van der Waals surface area (Å²) >= 11 is 0. The molecule has 0 unspecified atom stereocenters. The fourth-order valence-corrected chi connectivity index (χ4v) is 3.39. The number of aryl methyl sites for hydroxylation is 2. The van der Waals surface area contributed by atoms with Crippen molar-refractivity contribution in [1.29, 1.82) is 0 Å². The Bertz CT molecular complexity index is 1030. The van der Waals surface area contributed by atoms with Gasteiger partial charge in [0.05, 0.1) is 25.6 Å². The zero-order valence-corrected chi connectivity index (χ0v) is 14.8. The number of amides is 1. The fourth-order valence-electron chi connectivity index (χ4n) is 3.39. The lowest BCUT2D eigenvalue weighted by atomic mass is 10.1. The van der Waals surface area contributed by atoms with Gasteiger partial charge in [0, 0.05) is 30.2 Å². The van der Waals surface area contributed by atoms with Crippen molar-refractivity contribution in [2.24, 2.45) is 7.05 Å². The number of fused-ring (bicyclic) bond motifs is 1. The number of aromatic nitrogens is 1. The molecule has 0 spiro atoms. The molecule has 6 nitrogen and oxygen atoms in total. The molecular formula is C20H20N2O4. The van der Waals surface area contributed by atoms with Gasteiger partial charge in [-0.2, -0.15) is 0 Å². The lowest BCUT2D eigenvalue weighted by Crippen LogP contribution is -2.56. The predicted octanol–water partition coefficient (Wildman–Crippen LogP) is 2.27. The van der Waals surface area contributed by atoms with Gasteiger partial charge in [0.1, 0.15) is 17.6 Å². The maximum absolute atomic E-state index is 12.6. The van der Waals surface area contributed by atoms with Crippen LogP contribution in [-0.4, -0.2) is 34.6 Å². The number of para-hydroxylation sites is 1. The van der Waals surface area contributed by atoms with Gasteiger partial charge in [-0.05, 0) is 18.6 Å². The quantitative estimate of drug-likeness (QED) is 0.723. The molecule has 0 aliphatic carbocycles. The Kier molecular flexibility index (Phi) is 4.03. The molecule has 1 aliphatic heterocycles. The molecule has 0 atom stereocenters. The molecule has 1 aliphatic rings. The Morgan fingerprint density at radius 3 is 2.81 bits per heavy atom. The second kappa shape index (κ2) is 6.37. The predicted molar refractivity (Wildman–Crippen MR) is 97.3 cm³/mol. The summed E-state index contributed by atoms with van der Waals surface area (Å²) in [5.41, 5.74) is 1.73. The van der Waals surface area contributed by atoms with E-state index in [1.165, 1.54) is 6.07 Å². The number of hydrogen-bond acceptors (Lipinski definition) is 4. The maximum Gasteiger partial charge on any atom is 0.339 e. The minimum absolute atomic E-state index is 0.0879. The second-order valence-corrected chi connectivity index (χ2v) is 6.72. The highest BCUT2D eigenvalue weighted by molar-refractivity contribution is 5.89. The zero-order chi connectivity index (χ0) is 18.3. The Morgan fingerprint density at radius 1 is 1.27 bits per heavy atom. The minimum Gasteiger partial charge on any atom is -0.486 e. The van der Waals surface area contributed by atoms with Gasteiger partial charge in [0.2, 0.25) is 5.91 Å². The molecule has 1 amide bonds. The van der Waals surface area contributed by atoms with Crippen LogP contribution in [-0.2, 0) is 18.3 Å². The Hall–Kier alpha value is -3.02. The van der Waals surface area contributed by atoms with E-state index < -0.39 is 5.63 Å². The molecule has 0 saturated carbocycles. The number of hydrogen-bond donors (Lipinski definition) is 0. The number of likely N-dealkylation sites (tertiary alicyclic amines) is 1. The summed E-state index contributed by atoms with van der Waals surface area (Å²) in [4.78, 5) is 25.7. The Balaban J connectivity index is 1.38. The number of carbonyl (C=O) groups excluding carboxylic acids is 1. The van der Waals surface area contributed by atoms with Crippen LogP contribution in [0.1, 0.15) is 11.3 Å². The topological polar surface area (TPSA) is 64.7 Å². The van der Waals surface area contributed by atoms with Crippen LogP contribution in [0.3, 0.4) is 0 Å². The fraction of sp³-hybridized carbons (Fsp3) is 0.300. The molecule has 1 fully saturated rings. The number of rotatable bonds is 4.